The van der Waals surface area contributed by atoms with Gasteiger partial charge in [0.1, 0.15) is 0 Å². The van der Waals surface area contributed by atoms with E-state index < -0.39 is 0 Å². The lowest BCUT2D eigenvalue weighted by molar-refractivity contribution is -0.123. The van der Waals surface area contributed by atoms with Gasteiger partial charge in [-0.2, -0.15) is 0 Å². The van der Waals surface area contributed by atoms with Crippen molar-refractivity contribution in [1.82, 2.24) is 15.5 Å². The summed E-state index contributed by atoms with van der Waals surface area (Å²) in [6.45, 7) is 6.26. The maximum Gasteiger partial charge on any atom is 0.230 e. The molecular formula is C17H24BrN3O. The van der Waals surface area contributed by atoms with E-state index in [-0.39, 0.29) is 11.3 Å². The molecule has 0 atom stereocenters. The van der Waals surface area contributed by atoms with Crippen LogP contribution in [0.3, 0.4) is 0 Å². The Morgan fingerprint density at radius 3 is 2.55 bits per heavy atom. The summed E-state index contributed by atoms with van der Waals surface area (Å²) in [5.41, 5.74) is 0.894. The molecule has 0 aromatic heterocycles. The van der Waals surface area contributed by atoms with E-state index in [9.17, 15) is 4.79 Å². The number of benzene rings is 1. The van der Waals surface area contributed by atoms with Crippen LogP contribution in [-0.2, 0) is 10.2 Å². The van der Waals surface area contributed by atoms with Gasteiger partial charge in [0.25, 0.3) is 0 Å². The number of rotatable bonds is 6. The first-order chi connectivity index (χ1) is 10.7. The molecule has 1 amide bonds. The molecule has 1 aliphatic heterocycles. The molecule has 3 rings (SSSR count). The lowest BCUT2D eigenvalue weighted by Crippen LogP contribution is -2.44. The first-order valence-electron chi connectivity index (χ1n) is 8.18. The Hall–Kier alpha value is -0.910. The van der Waals surface area contributed by atoms with Crippen molar-refractivity contribution in [2.24, 2.45) is 0 Å². The zero-order valence-electron chi connectivity index (χ0n) is 12.9. The van der Waals surface area contributed by atoms with Gasteiger partial charge in [-0.25, -0.2) is 0 Å². The number of amides is 1. The number of carbonyl (C=O) groups excluding carboxylic acids is 1. The topological polar surface area (TPSA) is 44.4 Å². The van der Waals surface area contributed by atoms with Gasteiger partial charge in [0.2, 0.25) is 5.91 Å². The van der Waals surface area contributed by atoms with Gasteiger partial charge in [0.15, 0.2) is 0 Å². The van der Waals surface area contributed by atoms with Gasteiger partial charge < -0.3 is 15.5 Å². The minimum Gasteiger partial charge on any atom is -0.355 e. The Labute approximate surface area is 140 Å². The van der Waals surface area contributed by atoms with Crippen LogP contribution < -0.4 is 10.6 Å². The second kappa shape index (κ2) is 7.11. The Morgan fingerprint density at radius 1 is 1.23 bits per heavy atom. The van der Waals surface area contributed by atoms with Crippen LogP contribution in [-0.4, -0.2) is 50.1 Å². The summed E-state index contributed by atoms with van der Waals surface area (Å²) < 4.78 is 1.06. The van der Waals surface area contributed by atoms with Gasteiger partial charge in [0, 0.05) is 37.2 Å². The lowest BCUT2D eigenvalue weighted by atomic mass is 9.95. The molecule has 0 radical (unpaired) electrons. The molecule has 4 nitrogen and oxygen atoms in total. The molecule has 1 saturated heterocycles. The van der Waals surface area contributed by atoms with Crippen molar-refractivity contribution in [3.8, 4) is 0 Å². The fourth-order valence-electron chi connectivity index (χ4n) is 3.15. The van der Waals surface area contributed by atoms with Crippen molar-refractivity contribution < 1.29 is 4.79 Å². The Balaban J connectivity index is 1.44. The number of nitrogens with zero attached hydrogens (tertiary/aromatic N) is 1. The van der Waals surface area contributed by atoms with Crippen LogP contribution in [0.2, 0.25) is 0 Å². The van der Waals surface area contributed by atoms with Crippen LogP contribution in [0.4, 0.5) is 0 Å². The largest absolute Gasteiger partial charge is 0.355 e. The summed E-state index contributed by atoms with van der Waals surface area (Å²) in [6.07, 6.45) is 2.97. The van der Waals surface area contributed by atoms with Crippen LogP contribution in [0.1, 0.15) is 24.8 Å². The first kappa shape index (κ1) is 16.0. The van der Waals surface area contributed by atoms with Gasteiger partial charge in [-0.05, 0) is 43.5 Å². The van der Waals surface area contributed by atoms with Crippen LogP contribution in [0.5, 0.6) is 0 Å². The third-order valence-electron chi connectivity index (χ3n) is 4.73. The maximum atomic E-state index is 12.5. The molecule has 22 heavy (non-hydrogen) atoms. The summed E-state index contributed by atoms with van der Waals surface area (Å²) in [7, 11) is 0. The number of hydrogen-bond donors (Lipinski definition) is 2. The highest BCUT2D eigenvalue weighted by Crippen LogP contribution is 2.48. The second-order valence-corrected chi connectivity index (χ2v) is 7.21. The highest BCUT2D eigenvalue weighted by molar-refractivity contribution is 9.10. The third-order valence-corrected chi connectivity index (χ3v) is 5.26. The predicted molar refractivity (Wildman–Crippen MR) is 92.0 cm³/mol. The first-order valence-corrected chi connectivity index (χ1v) is 8.97. The highest BCUT2D eigenvalue weighted by atomic mass is 79.9. The zero-order chi connectivity index (χ0) is 15.4. The minimum atomic E-state index is -0.254. The van der Waals surface area contributed by atoms with Gasteiger partial charge in [-0.1, -0.05) is 28.1 Å². The van der Waals surface area contributed by atoms with E-state index in [1.807, 2.05) is 12.1 Å². The van der Waals surface area contributed by atoms with E-state index >= 15 is 0 Å². The van der Waals surface area contributed by atoms with Gasteiger partial charge >= 0.3 is 0 Å². The molecular weight excluding hydrogens is 342 g/mol. The van der Waals surface area contributed by atoms with Crippen LogP contribution in [0, 0.1) is 0 Å². The van der Waals surface area contributed by atoms with Crippen LogP contribution >= 0.6 is 15.9 Å². The molecule has 0 bridgehead atoms. The van der Waals surface area contributed by atoms with Crippen molar-refractivity contribution in [2.45, 2.75) is 24.7 Å². The molecule has 1 aliphatic carbocycles. The molecule has 1 heterocycles. The number of nitrogens with one attached hydrogen (secondary N) is 2. The van der Waals surface area contributed by atoms with Crippen LogP contribution in [0.15, 0.2) is 28.7 Å². The van der Waals surface area contributed by atoms with E-state index in [0.29, 0.717) is 0 Å². The monoisotopic (exact) mass is 365 g/mol. The fraction of sp³-hybridized carbons (Fsp3) is 0.588. The van der Waals surface area contributed by atoms with Gasteiger partial charge in [-0.3, -0.25) is 4.79 Å². The average Bonchev–Trinajstić information content (AvgIpc) is 3.35. The van der Waals surface area contributed by atoms with Crippen molar-refractivity contribution >= 4 is 21.8 Å². The van der Waals surface area contributed by atoms with E-state index in [4.69, 9.17) is 0 Å². The molecule has 0 unspecified atom stereocenters. The summed E-state index contributed by atoms with van der Waals surface area (Å²) in [5, 5.41) is 6.50. The van der Waals surface area contributed by atoms with E-state index in [0.717, 1.165) is 68.6 Å². The molecule has 2 aliphatic rings. The average molecular weight is 366 g/mol. The van der Waals surface area contributed by atoms with Crippen molar-refractivity contribution in [3.63, 3.8) is 0 Å². The predicted octanol–water partition coefficient (Wildman–Crippen LogP) is 1.89. The van der Waals surface area contributed by atoms with Crippen molar-refractivity contribution in [1.29, 1.82) is 0 Å². The zero-order valence-corrected chi connectivity index (χ0v) is 14.5. The number of carbonyl (C=O) groups is 1. The second-order valence-electron chi connectivity index (χ2n) is 6.29. The molecule has 2 N–H and O–H groups in total. The Morgan fingerprint density at radius 2 is 1.91 bits per heavy atom. The number of halogens is 1. The summed E-state index contributed by atoms with van der Waals surface area (Å²) in [4.78, 5) is 15.0. The smallest absolute Gasteiger partial charge is 0.230 e. The molecule has 1 aromatic carbocycles. The van der Waals surface area contributed by atoms with Gasteiger partial charge in [-0.15, -0.1) is 0 Å². The summed E-state index contributed by atoms with van der Waals surface area (Å²) >= 11 is 3.45. The molecule has 2 fully saturated rings. The Kier molecular flexibility index (Phi) is 5.16. The Bertz CT molecular complexity index is 507. The summed E-state index contributed by atoms with van der Waals surface area (Å²) in [5.74, 6) is 0.204. The van der Waals surface area contributed by atoms with Gasteiger partial charge in [0.05, 0.1) is 5.41 Å². The van der Waals surface area contributed by atoms with E-state index in [1.54, 1.807) is 0 Å². The maximum absolute atomic E-state index is 12.5. The summed E-state index contributed by atoms with van der Waals surface area (Å²) in [6, 6.07) is 8.18. The minimum absolute atomic E-state index is 0.204. The third kappa shape index (κ3) is 3.70. The number of piperazine rings is 1. The highest BCUT2D eigenvalue weighted by Gasteiger charge is 2.50. The molecule has 0 spiro atoms. The van der Waals surface area contributed by atoms with Crippen LogP contribution in [0.25, 0.3) is 0 Å². The molecule has 5 heteroatoms. The quantitative estimate of drug-likeness (QED) is 0.756. The standard InChI is InChI=1S/C17H24BrN3O/c18-15-4-2-14(3-5-15)17(6-7-17)16(22)20-8-1-11-21-12-9-19-10-13-21/h2-5,19H,1,6-13H2,(H,20,22). The number of hydrogen-bond acceptors (Lipinski definition) is 3. The van der Waals surface area contributed by atoms with E-state index in [2.05, 4.69) is 43.6 Å². The molecule has 1 saturated carbocycles. The van der Waals surface area contributed by atoms with E-state index in [1.165, 1.54) is 0 Å². The SMILES string of the molecule is O=C(NCCCN1CCNCC1)C1(c2ccc(Br)cc2)CC1. The fourth-order valence-corrected chi connectivity index (χ4v) is 3.41. The normalized spacial score (nSPS) is 20.6. The van der Waals surface area contributed by atoms with Crippen molar-refractivity contribution in [3.05, 3.63) is 34.3 Å². The lowest BCUT2D eigenvalue weighted by Gasteiger charge is -2.27. The molecule has 1 aromatic rings. The molecule has 120 valence electrons. The van der Waals surface area contributed by atoms with Crippen molar-refractivity contribution in [2.75, 3.05) is 39.3 Å².